The molecule has 0 unspecified atom stereocenters. The van der Waals surface area contributed by atoms with Gasteiger partial charge in [0.2, 0.25) is 0 Å². The van der Waals surface area contributed by atoms with E-state index < -0.39 is 10.0 Å². The summed E-state index contributed by atoms with van der Waals surface area (Å²) in [7, 11) is 2.02. The van der Waals surface area contributed by atoms with Crippen LogP contribution in [0, 0.1) is 0 Å². The third kappa shape index (κ3) is 7.95. The van der Waals surface area contributed by atoms with Crippen molar-refractivity contribution in [3.05, 3.63) is 59.0 Å². The molecule has 0 aliphatic carbocycles. The highest BCUT2D eigenvalue weighted by atomic mass is 32.2. The van der Waals surface area contributed by atoms with Crippen LogP contribution in [-0.4, -0.2) is 82.7 Å². The van der Waals surface area contributed by atoms with Crippen molar-refractivity contribution in [2.24, 2.45) is 14.1 Å². The third-order valence-corrected chi connectivity index (χ3v) is 9.19. The van der Waals surface area contributed by atoms with Crippen molar-refractivity contribution >= 4 is 26.7 Å². The lowest BCUT2D eigenvalue weighted by molar-refractivity contribution is 0.0358. The summed E-state index contributed by atoms with van der Waals surface area (Å²) < 4.78 is 67.3. The molecule has 1 fully saturated rings. The standard InChI is InChI=1S/C33H42N4O9S/c1-6-13-44-23-17-24(45-14-7-10-37-11-15-43-16-12-37)19-25(18-23)46-31-22-29-28(35(2)33(38)36(29)3)21-27(31)34-47(39,40)26-8-9-30(41-4)32(20-26)42-5/h8-9,17-22,34H,6-7,10-16H2,1-5H3. The highest BCUT2D eigenvalue weighted by Gasteiger charge is 2.22. The molecule has 1 N–H and O–H groups in total. The maximum Gasteiger partial charge on any atom is 0.328 e. The van der Waals surface area contributed by atoms with Gasteiger partial charge in [0, 0.05) is 64.1 Å². The number of fused-ring (bicyclic) bond motifs is 1. The summed E-state index contributed by atoms with van der Waals surface area (Å²) in [4.78, 5) is 15.1. The van der Waals surface area contributed by atoms with E-state index in [1.807, 2.05) is 13.0 Å². The SMILES string of the molecule is CCCOc1cc(OCCCN2CCOCC2)cc(Oc2cc3c(cc2NS(=O)(=O)c2ccc(OC)c(OC)c2)n(C)c(=O)n3C)c1. The Balaban J connectivity index is 1.47. The number of imidazole rings is 1. The van der Waals surface area contributed by atoms with E-state index in [0.29, 0.717) is 47.2 Å². The minimum absolute atomic E-state index is 0.0501. The number of nitrogens with one attached hydrogen (secondary N) is 1. The minimum atomic E-state index is -4.14. The van der Waals surface area contributed by atoms with E-state index in [1.54, 1.807) is 38.4 Å². The van der Waals surface area contributed by atoms with Crippen LogP contribution in [0.3, 0.4) is 0 Å². The second-order valence-electron chi connectivity index (χ2n) is 11.1. The molecular weight excluding hydrogens is 628 g/mol. The van der Waals surface area contributed by atoms with E-state index in [9.17, 15) is 13.2 Å². The van der Waals surface area contributed by atoms with Crippen LogP contribution in [0.25, 0.3) is 11.0 Å². The molecule has 47 heavy (non-hydrogen) atoms. The molecular formula is C33H42N4O9S. The zero-order valence-corrected chi connectivity index (χ0v) is 28.2. The fourth-order valence-electron chi connectivity index (χ4n) is 5.30. The number of hydrogen-bond acceptors (Lipinski definition) is 10. The molecule has 3 aromatic carbocycles. The van der Waals surface area contributed by atoms with E-state index >= 15 is 0 Å². The van der Waals surface area contributed by atoms with Crippen molar-refractivity contribution in [1.82, 2.24) is 14.0 Å². The normalized spacial score (nSPS) is 13.8. The van der Waals surface area contributed by atoms with Crippen LogP contribution in [0.2, 0.25) is 0 Å². The highest BCUT2D eigenvalue weighted by molar-refractivity contribution is 7.92. The average Bonchev–Trinajstić information content (AvgIpc) is 3.28. The number of aromatic nitrogens is 2. The summed E-state index contributed by atoms with van der Waals surface area (Å²) in [6, 6.07) is 12.8. The second-order valence-corrected chi connectivity index (χ2v) is 12.8. The molecule has 13 nitrogen and oxygen atoms in total. The van der Waals surface area contributed by atoms with Crippen molar-refractivity contribution < 1.29 is 36.8 Å². The van der Waals surface area contributed by atoms with E-state index in [0.717, 1.165) is 45.7 Å². The van der Waals surface area contributed by atoms with Gasteiger partial charge in [-0.2, -0.15) is 0 Å². The topological polar surface area (TPSA) is 132 Å². The number of ether oxygens (including phenoxy) is 6. The van der Waals surface area contributed by atoms with Gasteiger partial charge in [0.05, 0.1) is 62.3 Å². The maximum atomic E-state index is 13.7. The van der Waals surface area contributed by atoms with E-state index in [1.165, 1.54) is 41.6 Å². The van der Waals surface area contributed by atoms with Crippen LogP contribution < -0.4 is 34.1 Å². The smallest absolute Gasteiger partial charge is 0.328 e. The lowest BCUT2D eigenvalue weighted by atomic mass is 10.2. The summed E-state index contributed by atoms with van der Waals surface area (Å²) in [5.41, 5.74) is 0.925. The number of rotatable bonds is 15. The molecule has 0 amide bonds. The number of anilines is 1. The van der Waals surface area contributed by atoms with Crippen LogP contribution in [0.4, 0.5) is 5.69 Å². The van der Waals surface area contributed by atoms with E-state index in [4.69, 9.17) is 28.4 Å². The molecule has 0 spiro atoms. The molecule has 5 rings (SSSR count). The molecule has 0 atom stereocenters. The Morgan fingerprint density at radius 2 is 1.45 bits per heavy atom. The highest BCUT2D eigenvalue weighted by Crippen LogP contribution is 2.38. The van der Waals surface area contributed by atoms with Crippen molar-refractivity contribution in [2.75, 3.05) is 65.0 Å². The Bertz CT molecular complexity index is 1860. The van der Waals surface area contributed by atoms with Gasteiger partial charge in [-0.05, 0) is 31.0 Å². The summed E-state index contributed by atoms with van der Waals surface area (Å²) in [6.07, 6.45) is 1.64. The number of sulfonamides is 1. The largest absolute Gasteiger partial charge is 0.493 e. The van der Waals surface area contributed by atoms with Crippen LogP contribution in [0.1, 0.15) is 19.8 Å². The van der Waals surface area contributed by atoms with Crippen molar-refractivity contribution in [2.45, 2.75) is 24.7 Å². The Labute approximate surface area is 274 Å². The molecule has 14 heteroatoms. The fourth-order valence-corrected chi connectivity index (χ4v) is 6.37. The third-order valence-electron chi connectivity index (χ3n) is 7.83. The second kappa shape index (κ2) is 15.0. The first-order valence-electron chi connectivity index (χ1n) is 15.5. The zero-order valence-electron chi connectivity index (χ0n) is 27.4. The van der Waals surface area contributed by atoms with Crippen molar-refractivity contribution in [3.63, 3.8) is 0 Å². The van der Waals surface area contributed by atoms with Gasteiger partial charge >= 0.3 is 5.69 Å². The van der Waals surface area contributed by atoms with Crippen molar-refractivity contribution in [1.29, 1.82) is 0 Å². The predicted molar refractivity (Wildman–Crippen MR) is 178 cm³/mol. The maximum absolute atomic E-state index is 13.7. The van der Waals surface area contributed by atoms with Gasteiger partial charge in [0.25, 0.3) is 10.0 Å². The Hall–Kier alpha value is -4.40. The van der Waals surface area contributed by atoms with E-state index in [-0.39, 0.29) is 27.8 Å². The first-order valence-corrected chi connectivity index (χ1v) is 16.9. The van der Waals surface area contributed by atoms with E-state index in [2.05, 4.69) is 9.62 Å². The molecule has 0 saturated carbocycles. The lowest BCUT2D eigenvalue weighted by Gasteiger charge is -2.26. The minimum Gasteiger partial charge on any atom is -0.493 e. The van der Waals surface area contributed by atoms with Crippen LogP contribution in [-0.2, 0) is 28.9 Å². The summed E-state index contributed by atoms with van der Waals surface area (Å²) >= 11 is 0. The van der Waals surface area contributed by atoms with Crippen molar-refractivity contribution in [3.8, 4) is 34.5 Å². The van der Waals surface area contributed by atoms with Crippen LogP contribution in [0.5, 0.6) is 34.5 Å². The van der Waals surface area contributed by atoms with Gasteiger partial charge in [-0.3, -0.25) is 18.8 Å². The molecule has 0 bridgehead atoms. The summed E-state index contributed by atoms with van der Waals surface area (Å²) in [5, 5.41) is 0. The fraction of sp³-hybridized carbons (Fsp3) is 0.424. The van der Waals surface area contributed by atoms with Crippen LogP contribution >= 0.6 is 0 Å². The molecule has 0 radical (unpaired) electrons. The quantitative estimate of drug-likeness (QED) is 0.182. The van der Waals surface area contributed by atoms with Gasteiger partial charge in [-0.25, -0.2) is 13.2 Å². The molecule has 254 valence electrons. The molecule has 1 saturated heterocycles. The first kappa shape index (κ1) is 33.9. The summed E-state index contributed by atoms with van der Waals surface area (Å²) in [5.74, 6) is 2.29. The Morgan fingerprint density at radius 3 is 2.11 bits per heavy atom. The van der Waals surface area contributed by atoms with Gasteiger partial charge in [-0.1, -0.05) is 6.92 Å². The lowest BCUT2D eigenvalue weighted by Crippen LogP contribution is -2.37. The average molecular weight is 671 g/mol. The number of nitrogens with zero attached hydrogens (tertiary/aromatic N) is 3. The van der Waals surface area contributed by atoms with Gasteiger partial charge in [0.15, 0.2) is 17.2 Å². The molecule has 4 aromatic rings. The molecule has 2 heterocycles. The summed E-state index contributed by atoms with van der Waals surface area (Å²) in [6.45, 7) is 7.21. The van der Waals surface area contributed by atoms with Gasteiger partial charge < -0.3 is 28.4 Å². The Kier molecular flexibility index (Phi) is 10.8. The molecule has 1 aliphatic rings. The number of hydrogen-bond donors (Lipinski definition) is 1. The monoisotopic (exact) mass is 670 g/mol. The van der Waals surface area contributed by atoms with Crippen LogP contribution in [0.15, 0.2) is 58.2 Å². The predicted octanol–water partition coefficient (Wildman–Crippen LogP) is 4.38. The Morgan fingerprint density at radius 1 is 0.809 bits per heavy atom. The first-order chi connectivity index (χ1) is 22.6. The number of aryl methyl sites for hydroxylation is 2. The van der Waals surface area contributed by atoms with Gasteiger partial charge in [-0.15, -0.1) is 0 Å². The number of methoxy groups -OCH3 is 2. The molecule has 1 aromatic heterocycles. The molecule has 1 aliphatic heterocycles. The number of morpholine rings is 1. The van der Waals surface area contributed by atoms with Gasteiger partial charge in [0.1, 0.15) is 17.2 Å². The number of benzene rings is 3. The zero-order chi connectivity index (χ0) is 33.6.